The summed E-state index contributed by atoms with van der Waals surface area (Å²) in [6.45, 7) is 3.07. The molecule has 0 aliphatic carbocycles. The fourth-order valence-electron chi connectivity index (χ4n) is 1.80. The molecule has 0 saturated heterocycles. The van der Waals surface area contributed by atoms with Crippen molar-refractivity contribution in [3.63, 3.8) is 0 Å². The molecule has 0 aliphatic rings. The summed E-state index contributed by atoms with van der Waals surface area (Å²) in [5.41, 5.74) is 0.638. The summed E-state index contributed by atoms with van der Waals surface area (Å²) in [7, 11) is -3.53. The van der Waals surface area contributed by atoms with Gasteiger partial charge in [-0.15, -0.1) is 11.3 Å². The number of benzene rings is 1. The Balaban J connectivity index is 2.15. The average molecular weight is 389 g/mol. The maximum Gasteiger partial charge on any atom is 0.242 e. The van der Waals surface area contributed by atoms with Gasteiger partial charge in [-0.2, -0.15) is 0 Å². The quantitative estimate of drug-likeness (QED) is 0.757. The van der Waals surface area contributed by atoms with Crippen LogP contribution in [0.25, 0.3) is 0 Å². The molecular weight excluding hydrogens is 372 g/mol. The van der Waals surface area contributed by atoms with Crippen LogP contribution in [0.4, 0.5) is 5.69 Å². The molecule has 0 atom stereocenters. The minimum atomic E-state index is -3.53. The minimum absolute atomic E-state index is 0.286. The molecule has 7 heteroatoms. The van der Waals surface area contributed by atoms with Gasteiger partial charge in [0.15, 0.2) is 0 Å². The molecule has 0 bridgehead atoms. The molecule has 0 spiro atoms. The summed E-state index contributed by atoms with van der Waals surface area (Å²) in [6.07, 6.45) is 0.936. The van der Waals surface area contributed by atoms with Crippen LogP contribution in [0, 0.1) is 0 Å². The van der Waals surface area contributed by atoms with Crippen molar-refractivity contribution in [3.8, 4) is 0 Å². The van der Waals surface area contributed by atoms with Crippen LogP contribution in [0.5, 0.6) is 0 Å². The summed E-state index contributed by atoms with van der Waals surface area (Å²) in [5, 5.41) is 5.08. The maximum atomic E-state index is 12.4. The number of anilines is 1. The first kappa shape index (κ1) is 16.5. The van der Waals surface area contributed by atoms with E-state index in [1.165, 1.54) is 11.3 Å². The van der Waals surface area contributed by atoms with Crippen LogP contribution >= 0.6 is 27.3 Å². The molecule has 2 N–H and O–H groups in total. The van der Waals surface area contributed by atoms with Crippen LogP contribution in [0.3, 0.4) is 0 Å². The van der Waals surface area contributed by atoms with Crippen molar-refractivity contribution in [2.45, 2.75) is 24.8 Å². The second-order valence-corrected chi connectivity index (χ2v) is 8.13. The van der Waals surface area contributed by atoms with Gasteiger partial charge in [0.25, 0.3) is 0 Å². The highest BCUT2D eigenvalue weighted by Gasteiger charge is 2.17. The van der Waals surface area contributed by atoms with Gasteiger partial charge in [-0.25, -0.2) is 13.1 Å². The summed E-state index contributed by atoms with van der Waals surface area (Å²) in [4.78, 5) is 1.25. The lowest BCUT2D eigenvalue weighted by atomic mass is 10.3. The van der Waals surface area contributed by atoms with Crippen LogP contribution < -0.4 is 10.0 Å². The number of halogens is 1. The summed E-state index contributed by atoms with van der Waals surface area (Å²) >= 11 is 4.87. The number of rotatable bonds is 7. The summed E-state index contributed by atoms with van der Waals surface area (Å²) in [6, 6.07) is 8.87. The van der Waals surface area contributed by atoms with Gasteiger partial charge in [-0.1, -0.05) is 19.1 Å². The van der Waals surface area contributed by atoms with Crippen LogP contribution in [-0.4, -0.2) is 15.0 Å². The van der Waals surface area contributed by atoms with E-state index in [4.69, 9.17) is 0 Å². The van der Waals surface area contributed by atoms with Gasteiger partial charge in [0.1, 0.15) is 4.90 Å². The second-order valence-electron chi connectivity index (χ2n) is 4.48. The van der Waals surface area contributed by atoms with Crippen molar-refractivity contribution < 1.29 is 8.42 Å². The topological polar surface area (TPSA) is 58.2 Å². The SMILES string of the molecule is CCCNc1ccccc1S(=O)(=O)NCc1cc(Br)cs1. The Hall–Kier alpha value is -0.890. The van der Waals surface area contributed by atoms with Crippen LogP contribution in [0.2, 0.25) is 0 Å². The predicted molar refractivity (Wildman–Crippen MR) is 91.3 cm³/mol. The highest BCUT2D eigenvalue weighted by Crippen LogP contribution is 2.23. The van der Waals surface area contributed by atoms with E-state index >= 15 is 0 Å². The lowest BCUT2D eigenvalue weighted by Gasteiger charge is -2.12. The molecule has 0 radical (unpaired) electrons. The van der Waals surface area contributed by atoms with Crippen molar-refractivity contribution in [1.29, 1.82) is 0 Å². The Labute approximate surface area is 137 Å². The van der Waals surface area contributed by atoms with Crippen LogP contribution in [-0.2, 0) is 16.6 Å². The van der Waals surface area contributed by atoms with Crippen molar-refractivity contribution in [1.82, 2.24) is 4.72 Å². The van der Waals surface area contributed by atoms with Gasteiger partial charge in [0.2, 0.25) is 10.0 Å². The standard InChI is InChI=1S/C14H17BrN2O2S2/c1-2-7-16-13-5-3-4-6-14(13)21(18,19)17-9-12-8-11(15)10-20-12/h3-6,8,10,16-17H,2,7,9H2,1H3. The van der Waals surface area contributed by atoms with E-state index in [1.54, 1.807) is 18.2 Å². The molecule has 21 heavy (non-hydrogen) atoms. The predicted octanol–water partition coefficient (Wildman–Crippen LogP) is 3.81. The first-order chi connectivity index (χ1) is 10.0. The lowest BCUT2D eigenvalue weighted by Crippen LogP contribution is -2.24. The zero-order valence-electron chi connectivity index (χ0n) is 11.6. The number of hydrogen-bond acceptors (Lipinski definition) is 4. The highest BCUT2D eigenvalue weighted by atomic mass is 79.9. The van der Waals surface area contributed by atoms with E-state index in [1.807, 2.05) is 24.4 Å². The zero-order valence-corrected chi connectivity index (χ0v) is 14.8. The highest BCUT2D eigenvalue weighted by molar-refractivity contribution is 9.10. The molecule has 114 valence electrons. The monoisotopic (exact) mass is 388 g/mol. The molecule has 0 saturated carbocycles. The first-order valence-electron chi connectivity index (χ1n) is 6.58. The maximum absolute atomic E-state index is 12.4. The van der Waals surface area contributed by atoms with Crippen LogP contribution in [0.15, 0.2) is 45.1 Å². The van der Waals surface area contributed by atoms with Crippen molar-refractivity contribution >= 4 is 43.0 Å². The van der Waals surface area contributed by atoms with Crippen molar-refractivity contribution in [2.75, 3.05) is 11.9 Å². The average Bonchev–Trinajstić information content (AvgIpc) is 2.89. The summed E-state index contributed by atoms with van der Waals surface area (Å²) < 4.78 is 28.5. The molecule has 4 nitrogen and oxygen atoms in total. The van der Waals surface area contributed by atoms with E-state index in [2.05, 4.69) is 26.0 Å². The van der Waals surface area contributed by atoms with Crippen molar-refractivity contribution in [3.05, 3.63) is 45.1 Å². The van der Waals surface area contributed by atoms with Gasteiger partial charge in [0, 0.05) is 27.8 Å². The van der Waals surface area contributed by atoms with Gasteiger partial charge in [0.05, 0.1) is 5.69 Å². The largest absolute Gasteiger partial charge is 0.384 e. The molecule has 0 unspecified atom stereocenters. The van der Waals surface area contributed by atoms with E-state index in [-0.39, 0.29) is 4.90 Å². The number of para-hydroxylation sites is 1. The smallest absolute Gasteiger partial charge is 0.242 e. The van der Waals surface area contributed by atoms with E-state index in [0.717, 1.165) is 22.3 Å². The minimum Gasteiger partial charge on any atom is -0.384 e. The van der Waals surface area contributed by atoms with E-state index in [9.17, 15) is 8.42 Å². The Kier molecular flexibility index (Phi) is 5.80. The Morgan fingerprint density at radius 2 is 2.05 bits per heavy atom. The Morgan fingerprint density at radius 1 is 1.29 bits per heavy atom. The van der Waals surface area contributed by atoms with Gasteiger partial charge in [-0.3, -0.25) is 0 Å². The van der Waals surface area contributed by atoms with Gasteiger partial charge >= 0.3 is 0 Å². The molecule has 1 heterocycles. The molecule has 0 aliphatic heterocycles. The number of nitrogens with one attached hydrogen (secondary N) is 2. The number of thiophene rings is 1. The first-order valence-corrected chi connectivity index (χ1v) is 9.74. The third-order valence-corrected chi connectivity index (χ3v) is 5.96. The fraction of sp³-hybridized carbons (Fsp3) is 0.286. The third-order valence-electron chi connectivity index (χ3n) is 2.80. The summed E-state index contributed by atoms with van der Waals surface area (Å²) in [5.74, 6) is 0. The fourth-order valence-corrected chi connectivity index (χ4v) is 4.47. The second kappa shape index (κ2) is 7.40. The Bertz CT molecular complexity index is 699. The van der Waals surface area contributed by atoms with E-state index < -0.39 is 10.0 Å². The lowest BCUT2D eigenvalue weighted by molar-refractivity contribution is 0.582. The molecule has 1 aromatic heterocycles. The molecule has 1 aromatic carbocycles. The number of sulfonamides is 1. The van der Waals surface area contributed by atoms with Crippen LogP contribution in [0.1, 0.15) is 18.2 Å². The third kappa shape index (κ3) is 4.54. The van der Waals surface area contributed by atoms with Gasteiger partial charge < -0.3 is 5.32 Å². The molecule has 2 aromatic rings. The Morgan fingerprint density at radius 3 is 2.71 bits per heavy atom. The van der Waals surface area contributed by atoms with E-state index in [0.29, 0.717) is 12.2 Å². The zero-order chi connectivity index (χ0) is 15.3. The van der Waals surface area contributed by atoms with Gasteiger partial charge in [-0.05, 0) is 40.5 Å². The molecule has 0 fully saturated rings. The number of hydrogen-bond donors (Lipinski definition) is 2. The normalized spacial score (nSPS) is 11.5. The van der Waals surface area contributed by atoms with Crippen molar-refractivity contribution in [2.24, 2.45) is 0 Å². The molecule has 0 amide bonds. The molecular formula is C14H17BrN2O2S2. The molecule has 2 rings (SSSR count).